The first-order valence-electron chi connectivity index (χ1n) is 6.76. The second-order valence-electron chi connectivity index (χ2n) is 5.48. The van der Waals surface area contributed by atoms with Crippen LogP contribution in [0, 0.1) is 13.8 Å². The molecule has 1 aromatic rings. The van der Waals surface area contributed by atoms with E-state index in [1.807, 2.05) is 0 Å². The molecule has 0 unspecified atom stereocenters. The van der Waals surface area contributed by atoms with Crippen LogP contribution in [0.15, 0.2) is 10.5 Å². The van der Waals surface area contributed by atoms with Crippen LogP contribution in [0.4, 0.5) is 0 Å². The zero-order chi connectivity index (χ0) is 15.7. The van der Waals surface area contributed by atoms with Gasteiger partial charge in [-0.3, -0.25) is 14.5 Å². The fourth-order valence-electron chi connectivity index (χ4n) is 2.71. The van der Waals surface area contributed by atoms with Crippen LogP contribution in [0.5, 0.6) is 0 Å². The van der Waals surface area contributed by atoms with E-state index in [1.54, 1.807) is 31.9 Å². The van der Waals surface area contributed by atoms with Crippen LogP contribution in [0.1, 0.15) is 21.9 Å². The number of furan rings is 1. The van der Waals surface area contributed by atoms with Gasteiger partial charge in [0.05, 0.1) is 24.3 Å². The molecule has 0 spiro atoms. The van der Waals surface area contributed by atoms with Crippen LogP contribution >= 0.6 is 0 Å². The third-order valence-corrected chi connectivity index (χ3v) is 3.77. The summed E-state index contributed by atoms with van der Waals surface area (Å²) in [6.07, 6.45) is -0.758. The summed E-state index contributed by atoms with van der Waals surface area (Å²) in [5.41, 5.74) is 0.487. The van der Waals surface area contributed by atoms with Gasteiger partial charge in [-0.25, -0.2) is 0 Å². The summed E-state index contributed by atoms with van der Waals surface area (Å²) < 4.78 is 5.35. The molecule has 1 amide bonds. The summed E-state index contributed by atoms with van der Waals surface area (Å²) in [6, 6.07) is 1.30. The number of carbonyl (C=O) groups excluding carboxylic acids is 1. The first kappa shape index (κ1) is 15.5. The predicted octanol–water partition coefficient (Wildman–Crippen LogP) is 0.0981. The molecule has 1 aliphatic heterocycles. The molecule has 0 aliphatic carbocycles. The molecule has 1 saturated heterocycles. The average Bonchev–Trinajstić information content (AvgIpc) is 2.90. The molecule has 1 aromatic heterocycles. The van der Waals surface area contributed by atoms with Gasteiger partial charge < -0.3 is 19.5 Å². The van der Waals surface area contributed by atoms with E-state index < -0.39 is 12.1 Å². The normalized spacial score (nSPS) is 22.0. The van der Waals surface area contributed by atoms with Crippen molar-refractivity contribution in [1.82, 2.24) is 9.80 Å². The quantitative estimate of drug-likeness (QED) is 0.818. The summed E-state index contributed by atoms with van der Waals surface area (Å²) in [7, 11) is 1.63. The summed E-state index contributed by atoms with van der Waals surface area (Å²) in [6.45, 7) is 3.81. The number of β-amino-alcohol motifs (C(OH)–C–C–N with tert-alkyl or cyclic N) is 1. The fourth-order valence-corrected chi connectivity index (χ4v) is 2.71. The van der Waals surface area contributed by atoms with E-state index in [0.29, 0.717) is 23.6 Å². The third-order valence-electron chi connectivity index (χ3n) is 3.77. The van der Waals surface area contributed by atoms with Gasteiger partial charge in [-0.1, -0.05) is 0 Å². The molecular formula is C14H20N2O5. The number of carboxylic acids is 1. The molecule has 0 aromatic carbocycles. The highest BCUT2D eigenvalue weighted by Gasteiger charge is 2.37. The van der Waals surface area contributed by atoms with Gasteiger partial charge in [0, 0.05) is 13.1 Å². The third kappa shape index (κ3) is 3.25. The number of rotatable bonds is 4. The molecule has 2 N–H and O–H groups in total. The number of aliphatic hydroxyl groups excluding tert-OH is 1. The van der Waals surface area contributed by atoms with Gasteiger partial charge in [0.2, 0.25) is 0 Å². The SMILES string of the molecule is Cc1cc(C(=O)N2C[C@@H](O)[C@@H](N(C)CC(=O)O)C2)c(C)o1. The van der Waals surface area contributed by atoms with Gasteiger partial charge in [-0.15, -0.1) is 0 Å². The maximum Gasteiger partial charge on any atom is 0.317 e. The second kappa shape index (κ2) is 5.87. The summed E-state index contributed by atoms with van der Waals surface area (Å²) in [5, 5.41) is 18.9. The molecule has 21 heavy (non-hydrogen) atoms. The van der Waals surface area contributed by atoms with Crippen LogP contribution in [0.2, 0.25) is 0 Å². The molecule has 1 fully saturated rings. The van der Waals surface area contributed by atoms with Crippen molar-refractivity contribution < 1.29 is 24.2 Å². The molecule has 2 atom stereocenters. The minimum absolute atomic E-state index is 0.173. The standard InChI is InChI=1S/C14H20N2O5/c1-8-4-10(9(2)21-8)14(20)16-5-11(12(17)6-16)15(3)7-13(18)19/h4,11-12,17H,5-7H2,1-3H3,(H,18,19)/t11-,12+/m0/s1. The Balaban J connectivity index is 2.08. The Morgan fingerprint density at radius 2 is 2.10 bits per heavy atom. The molecule has 2 heterocycles. The molecular weight excluding hydrogens is 276 g/mol. The Bertz CT molecular complexity index is 554. The van der Waals surface area contributed by atoms with Crippen LogP contribution in [-0.4, -0.2) is 70.7 Å². The van der Waals surface area contributed by atoms with Crippen molar-refractivity contribution in [2.75, 3.05) is 26.7 Å². The van der Waals surface area contributed by atoms with Crippen LogP contribution in [0.3, 0.4) is 0 Å². The molecule has 0 bridgehead atoms. The lowest BCUT2D eigenvalue weighted by Crippen LogP contribution is -2.43. The van der Waals surface area contributed by atoms with Gasteiger partial charge in [-0.2, -0.15) is 0 Å². The highest BCUT2D eigenvalue weighted by Crippen LogP contribution is 2.21. The van der Waals surface area contributed by atoms with Gasteiger partial charge in [0.15, 0.2) is 0 Å². The van der Waals surface area contributed by atoms with Crippen molar-refractivity contribution in [2.45, 2.75) is 26.0 Å². The van der Waals surface area contributed by atoms with Crippen molar-refractivity contribution in [1.29, 1.82) is 0 Å². The Labute approximate surface area is 122 Å². The lowest BCUT2D eigenvalue weighted by atomic mass is 10.2. The summed E-state index contributed by atoms with van der Waals surface area (Å²) in [5.74, 6) is 0.0508. The lowest BCUT2D eigenvalue weighted by molar-refractivity contribution is -0.138. The highest BCUT2D eigenvalue weighted by molar-refractivity contribution is 5.95. The highest BCUT2D eigenvalue weighted by atomic mass is 16.4. The van der Waals surface area contributed by atoms with Crippen molar-refractivity contribution in [3.05, 3.63) is 23.2 Å². The van der Waals surface area contributed by atoms with Crippen molar-refractivity contribution in [2.24, 2.45) is 0 Å². The Morgan fingerprint density at radius 3 is 2.62 bits per heavy atom. The number of nitrogens with zero attached hydrogens (tertiary/aromatic N) is 2. The second-order valence-corrected chi connectivity index (χ2v) is 5.48. The van der Waals surface area contributed by atoms with Crippen LogP contribution in [-0.2, 0) is 4.79 Å². The Hall–Kier alpha value is -1.86. The van der Waals surface area contributed by atoms with Gasteiger partial charge in [0.25, 0.3) is 5.91 Å². The van der Waals surface area contributed by atoms with Gasteiger partial charge in [0.1, 0.15) is 11.5 Å². The molecule has 116 valence electrons. The fraction of sp³-hybridized carbons (Fsp3) is 0.571. The zero-order valence-corrected chi connectivity index (χ0v) is 12.4. The molecule has 0 radical (unpaired) electrons. The number of hydrogen-bond acceptors (Lipinski definition) is 5. The topological polar surface area (TPSA) is 94.2 Å². The number of carboxylic acid groups (broad SMARTS) is 1. The predicted molar refractivity (Wildman–Crippen MR) is 74.1 cm³/mol. The molecule has 2 rings (SSSR count). The summed E-state index contributed by atoms with van der Waals surface area (Å²) >= 11 is 0. The first-order chi connectivity index (χ1) is 9.79. The van der Waals surface area contributed by atoms with E-state index in [-0.39, 0.29) is 25.0 Å². The number of carbonyl (C=O) groups is 2. The maximum atomic E-state index is 12.4. The number of aryl methyl sites for hydroxylation is 2. The number of likely N-dealkylation sites (N-methyl/N-ethyl adjacent to an activating group) is 1. The smallest absolute Gasteiger partial charge is 0.317 e. The maximum absolute atomic E-state index is 12.4. The van der Waals surface area contributed by atoms with E-state index >= 15 is 0 Å². The monoisotopic (exact) mass is 296 g/mol. The van der Waals surface area contributed by atoms with E-state index in [9.17, 15) is 14.7 Å². The number of aliphatic hydroxyl groups is 1. The van der Waals surface area contributed by atoms with Crippen molar-refractivity contribution in [3.63, 3.8) is 0 Å². The molecule has 0 saturated carbocycles. The minimum Gasteiger partial charge on any atom is -0.480 e. The van der Waals surface area contributed by atoms with E-state index in [0.717, 1.165) is 0 Å². The van der Waals surface area contributed by atoms with E-state index in [1.165, 1.54) is 4.90 Å². The van der Waals surface area contributed by atoms with Gasteiger partial charge >= 0.3 is 5.97 Å². The largest absolute Gasteiger partial charge is 0.480 e. The molecule has 1 aliphatic rings. The average molecular weight is 296 g/mol. The number of aliphatic carboxylic acids is 1. The number of amides is 1. The Morgan fingerprint density at radius 1 is 1.43 bits per heavy atom. The molecule has 7 nitrogen and oxygen atoms in total. The lowest BCUT2D eigenvalue weighted by Gasteiger charge is -2.24. The molecule has 7 heteroatoms. The summed E-state index contributed by atoms with van der Waals surface area (Å²) in [4.78, 5) is 26.3. The van der Waals surface area contributed by atoms with E-state index in [4.69, 9.17) is 9.52 Å². The van der Waals surface area contributed by atoms with Crippen molar-refractivity contribution in [3.8, 4) is 0 Å². The van der Waals surface area contributed by atoms with Crippen LogP contribution < -0.4 is 0 Å². The number of hydrogen-bond donors (Lipinski definition) is 2. The van der Waals surface area contributed by atoms with Crippen molar-refractivity contribution >= 4 is 11.9 Å². The first-order valence-corrected chi connectivity index (χ1v) is 6.76. The Kier molecular flexibility index (Phi) is 4.34. The minimum atomic E-state index is -0.962. The van der Waals surface area contributed by atoms with E-state index in [2.05, 4.69) is 0 Å². The number of likely N-dealkylation sites (tertiary alicyclic amines) is 1. The van der Waals surface area contributed by atoms with Crippen LogP contribution in [0.25, 0.3) is 0 Å². The van der Waals surface area contributed by atoms with Gasteiger partial charge in [-0.05, 0) is 27.0 Å². The zero-order valence-electron chi connectivity index (χ0n) is 12.4.